The van der Waals surface area contributed by atoms with E-state index in [1.54, 1.807) is 11.0 Å². The maximum absolute atomic E-state index is 11.5. The van der Waals surface area contributed by atoms with Crippen LogP contribution in [0, 0.1) is 5.41 Å². The molecular formula is C10H18N2O. The van der Waals surface area contributed by atoms with Crippen molar-refractivity contribution in [3.8, 4) is 0 Å². The molecule has 0 saturated heterocycles. The molecule has 3 nitrogen and oxygen atoms in total. The van der Waals surface area contributed by atoms with E-state index in [2.05, 4.69) is 26.1 Å². The van der Waals surface area contributed by atoms with E-state index in [9.17, 15) is 4.79 Å². The van der Waals surface area contributed by atoms with Gasteiger partial charge in [0.2, 0.25) is 5.91 Å². The van der Waals surface area contributed by atoms with Crippen LogP contribution >= 0.6 is 0 Å². The van der Waals surface area contributed by atoms with Gasteiger partial charge in [-0.05, 0) is 6.92 Å². The molecule has 0 spiro atoms. The first-order valence-corrected chi connectivity index (χ1v) is 4.54. The number of carbonyl (C=O) groups is 1. The number of amides is 1. The van der Waals surface area contributed by atoms with Crippen LogP contribution in [0.2, 0.25) is 0 Å². The van der Waals surface area contributed by atoms with Gasteiger partial charge < -0.3 is 10.2 Å². The highest BCUT2D eigenvalue weighted by atomic mass is 16.2. The number of allylic oxidation sites excluding steroid dienone is 1. The van der Waals surface area contributed by atoms with E-state index in [4.69, 9.17) is 0 Å². The van der Waals surface area contributed by atoms with Gasteiger partial charge in [0, 0.05) is 24.2 Å². The zero-order chi connectivity index (χ0) is 10.2. The first-order chi connectivity index (χ1) is 5.82. The van der Waals surface area contributed by atoms with E-state index in [1.165, 1.54) is 0 Å². The monoisotopic (exact) mass is 182 g/mol. The zero-order valence-electron chi connectivity index (χ0n) is 9.01. The van der Waals surface area contributed by atoms with Crippen molar-refractivity contribution in [2.45, 2.75) is 33.9 Å². The van der Waals surface area contributed by atoms with Crippen LogP contribution in [0.4, 0.5) is 0 Å². The summed E-state index contributed by atoms with van der Waals surface area (Å²) in [6, 6.07) is 0. The molecule has 1 amide bonds. The van der Waals surface area contributed by atoms with Crippen molar-refractivity contribution >= 4 is 5.91 Å². The summed E-state index contributed by atoms with van der Waals surface area (Å²) < 4.78 is 0. The largest absolute Gasteiger partial charge is 0.368 e. The number of hydrogen-bond donors (Lipinski definition) is 1. The highest BCUT2D eigenvalue weighted by Crippen LogP contribution is 2.24. The Hall–Kier alpha value is -0.990. The average molecular weight is 182 g/mol. The van der Waals surface area contributed by atoms with Crippen molar-refractivity contribution in [1.29, 1.82) is 0 Å². The van der Waals surface area contributed by atoms with Crippen LogP contribution in [0.25, 0.3) is 0 Å². The van der Waals surface area contributed by atoms with Gasteiger partial charge in [-0.1, -0.05) is 20.8 Å². The van der Waals surface area contributed by atoms with Crippen LogP contribution in [0.15, 0.2) is 11.8 Å². The third-order valence-electron chi connectivity index (χ3n) is 2.26. The molecule has 0 aromatic rings. The van der Waals surface area contributed by atoms with Crippen LogP contribution in [-0.4, -0.2) is 24.0 Å². The van der Waals surface area contributed by atoms with E-state index >= 15 is 0 Å². The van der Waals surface area contributed by atoms with Crippen LogP contribution < -0.4 is 5.32 Å². The van der Waals surface area contributed by atoms with Crippen molar-refractivity contribution in [1.82, 2.24) is 10.2 Å². The molecule has 0 unspecified atom stereocenters. The lowest BCUT2D eigenvalue weighted by molar-refractivity contribution is -0.130. The lowest BCUT2D eigenvalue weighted by atomic mass is 9.90. The molecule has 0 aliphatic carbocycles. The van der Waals surface area contributed by atoms with Gasteiger partial charge >= 0.3 is 0 Å². The van der Waals surface area contributed by atoms with Crippen LogP contribution in [0.5, 0.6) is 0 Å². The molecule has 1 rings (SSSR count). The SMILES string of the molecule is CC1=CC(=O)N(C)[C@@H](C(C)(C)C)N1. The Balaban J connectivity index is 2.91. The number of hydrogen-bond acceptors (Lipinski definition) is 2. The normalized spacial score (nSPS) is 24.1. The first-order valence-electron chi connectivity index (χ1n) is 4.54. The molecule has 1 aliphatic rings. The second-order valence-corrected chi connectivity index (χ2v) is 4.69. The summed E-state index contributed by atoms with van der Waals surface area (Å²) in [5, 5.41) is 3.30. The van der Waals surface area contributed by atoms with Crippen molar-refractivity contribution in [2.24, 2.45) is 5.41 Å². The minimum absolute atomic E-state index is 0.0555. The molecule has 0 bridgehead atoms. The van der Waals surface area contributed by atoms with E-state index in [0.29, 0.717) is 0 Å². The second kappa shape index (κ2) is 3.05. The van der Waals surface area contributed by atoms with E-state index in [1.807, 2.05) is 14.0 Å². The average Bonchev–Trinajstić information content (AvgIpc) is 1.94. The van der Waals surface area contributed by atoms with E-state index in [0.717, 1.165) is 5.70 Å². The molecule has 74 valence electrons. The Labute approximate surface area is 79.8 Å². The lowest BCUT2D eigenvalue weighted by Gasteiger charge is -2.41. The Morgan fingerprint density at radius 2 is 2.00 bits per heavy atom. The molecule has 13 heavy (non-hydrogen) atoms. The summed E-state index contributed by atoms with van der Waals surface area (Å²) in [5.74, 6) is 0.0798. The van der Waals surface area contributed by atoms with Crippen LogP contribution in [0.3, 0.4) is 0 Å². The maximum Gasteiger partial charge on any atom is 0.249 e. The molecule has 1 N–H and O–H groups in total. The number of rotatable bonds is 0. The molecule has 0 saturated carbocycles. The molecule has 1 aliphatic heterocycles. The zero-order valence-corrected chi connectivity index (χ0v) is 9.01. The van der Waals surface area contributed by atoms with E-state index in [-0.39, 0.29) is 17.5 Å². The summed E-state index contributed by atoms with van der Waals surface area (Å²) >= 11 is 0. The standard InChI is InChI=1S/C10H18N2O/c1-7-6-8(13)12(5)9(11-7)10(2,3)4/h6,9,11H,1-5H3/t9-/m0/s1. The highest BCUT2D eigenvalue weighted by Gasteiger charge is 2.32. The fraction of sp³-hybridized carbons (Fsp3) is 0.700. The Morgan fingerprint density at radius 3 is 2.46 bits per heavy atom. The molecule has 0 radical (unpaired) electrons. The molecule has 1 heterocycles. The summed E-state index contributed by atoms with van der Waals surface area (Å²) in [6.45, 7) is 8.27. The molecule has 3 heteroatoms. The highest BCUT2D eigenvalue weighted by molar-refractivity contribution is 5.89. The summed E-state index contributed by atoms with van der Waals surface area (Å²) in [6.07, 6.45) is 1.72. The van der Waals surface area contributed by atoms with Crippen molar-refractivity contribution in [2.75, 3.05) is 7.05 Å². The van der Waals surface area contributed by atoms with Crippen molar-refractivity contribution in [3.63, 3.8) is 0 Å². The molecule has 0 fully saturated rings. The first kappa shape index (κ1) is 10.1. The molecular weight excluding hydrogens is 164 g/mol. The van der Waals surface area contributed by atoms with Gasteiger partial charge in [-0.25, -0.2) is 0 Å². The molecule has 0 aromatic heterocycles. The van der Waals surface area contributed by atoms with E-state index < -0.39 is 0 Å². The number of nitrogens with zero attached hydrogens (tertiary/aromatic N) is 1. The minimum atomic E-state index is 0.0555. The van der Waals surface area contributed by atoms with Gasteiger partial charge in [-0.15, -0.1) is 0 Å². The van der Waals surface area contributed by atoms with Gasteiger partial charge in [0.05, 0.1) is 0 Å². The second-order valence-electron chi connectivity index (χ2n) is 4.69. The van der Waals surface area contributed by atoms with Crippen LogP contribution in [-0.2, 0) is 4.79 Å². The fourth-order valence-corrected chi connectivity index (χ4v) is 1.57. The molecule has 1 atom stereocenters. The molecule has 0 aromatic carbocycles. The Bertz CT molecular complexity index is 250. The summed E-state index contributed by atoms with van der Waals surface area (Å²) in [4.78, 5) is 13.2. The Kier molecular flexibility index (Phi) is 2.37. The number of likely N-dealkylation sites (N-methyl/N-ethyl adjacent to an activating group) is 1. The van der Waals surface area contributed by atoms with Gasteiger partial charge in [-0.2, -0.15) is 0 Å². The van der Waals surface area contributed by atoms with Gasteiger partial charge in [0.15, 0.2) is 0 Å². The van der Waals surface area contributed by atoms with Crippen molar-refractivity contribution in [3.05, 3.63) is 11.8 Å². The number of nitrogens with one attached hydrogen (secondary N) is 1. The smallest absolute Gasteiger partial charge is 0.249 e. The third-order valence-corrected chi connectivity index (χ3v) is 2.26. The van der Waals surface area contributed by atoms with Gasteiger partial charge in [0.1, 0.15) is 6.17 Å². The quantitative estimate of drug-likeness (QED) is 0.613. The topological polar surface area (TPSA) is 32.3 Å². The number of carbonyl (C=O) groups excluding carboxylic acids is 1. The predicted octanol–water partition coefficient (Wildman–Crippen LogP) is 1.32. The summed E-state index contributed by atoms with van der Waals surface area (Å²) in [7, 11) is 1.83. The third kappa shape index (κ3) is 2.02. The predicted molar refractivity (Wildman–Crippen MR) is 52.9 cm³/mol. The van der Waals surface area contributed by atoms with Gasteiger partial charge in [0.25, 0.3) is 0 Å². The van der Waals surface area contributed by atoms with Gasteiger partial charge in [-0.3, -0.25) is 4.79 Å². The van der Waals surface area contributed by atoms with Crippen LogP contribution in [0.1, 0.15) is 27.7 Å². The lowest BCUT2D eigenvalue weighted by Crippen LogP contribution is -2.55. The maximum atomic E-state index is 11.5. The van der Waals surface area contributed by atoms with Crippen molar-refractivity contribution < 1.29 is 4.79 Å². The Morgan fingerprint density at radius 1 is 1.46 bits per heavy atom. The minimum Gasteiger partial charge on any atom is -0.368 e. The fourth-order valence-electron chi connectivity index (χ4n) is 1.57. The summed E-state index contributed by atoms with van der Waals surface area (Å²) in [5.41, 5.74) is 1.00.